The monoisotopic (exact) mass is 515 g/mol. The molecule has 3 N–H and O–H groups in total. The fourth-order valence-electron chi connectivity index (χ4n) is 3.10. The lowest BCUT2D eigenvalue weighted by Crippen LogP contribution is -2.33. The number of nitrogens with zero attached hydrogens (tertiary/aromatic N) is 2. The molecule has 37 heavy (non-hydrogen) atoms. The van der Waals surface area contributed by atoms with Crippen molar-refractivity contribution in [3.05, 3.63) is 58.3 Å². The molecular formula is C25H33N5O7. The van der Waals surface area contributed by atoms with Crippen molar-refractivity contribution >= 4 is 29.4 Å². The van der Waals surface area contributed by atoms with Crippen LogP contribution in [0.2, 0.25) is 0 Å². The highest BCUT2D eigenvalue weighted by Crippen LogP contribution is 2.25. The minimum atomic E-state index is -0.721. The summed E-state index contributed by atoms with van der Waals surface area (Å²) >= 11 is 0. The molecule has 0 atom stereocenters. The molecule has 0 aliphatic rings. The Morgan fingerprint density at radius 2 is 1.70 bits per heavy atom. The number of carbonyl (C=O) groups excluding carboxylic acids is 3. The lowest BCUT2D eigenvalue weighted by Gasteiger charge is -2.19. The maximum absolute atomic E-state index is 12.6. The summed E-state index contributed by atoms with van der Waals surface area (Å²) in [6.45, 7) is 6.08. The van der Waals surface area contributed by atoms with Gasteiger partial charge in [0.05, 0.1) is 4.92 Å². The number of anilines is 1. The Bertz CT molecular complexity index is 1070. The van der Waals surface area contributed by atoms with Crippen molar-refractivity contribution in [1.82, 2.24) is 15.6 Å². The molecule has 1 aromatic heterocycles. The zero-order chi connectivity index (χ0) is 27.3. The first-order valence-electron chi connectivity index (χ1n) is 11.9. The first-order valence-corrected chi connectivity index (χ1v) is 11.9. The summed E-state index contributed by atoms with van der Waals surface area (Å²) in [5.74, 6) is -0.692. The maximum Gasteiger partial charge on any atom is 0.407 e. The average molecular weight is 516 g/mol. The number of carbonyl (C=O) groups is 3. The molecule has 0 fully saturated rings. The van der Waals surface area contributed by atoms with E-state index in [9.17, 15) is 24.5 Å². The second-order valence-corrected chi connectivity index (χ2v) is 9.09. The number of nitro groups is 1. The highest BCUT2D eigenvalue weighted by molar-refractivity contribution is 6.06. The minimum Gasteiger partial charge on any atom is -0.484 e. The Hall–Kier alpha value is -4.22. The molecule has 12 nitrogen and oxygen atoms in total. The molecule has 0 spiro atoms. The number of hydrogen-bond donors (Lipinski definition) is 3. The molecule has 12 heteroatoms. The van der Waals surface area contributed by atoms with Gasteiger partial charge in [-0.25, -0.2) is 9.78 Å². The Morgan fingerprint density at radius 1 is 1.00 bits per heavy atom. The third-order valence-corrected chi connectivity index (χ3v) is 4.78. The number of benzene rings is 1. The van der Waals surface area contributed by atoms with Gasteiger partial charge in [-0.3, -0.25) is 19.7 Å². The van der Waals surface area contributed by atoms with E-state index >= 15 is 0 Å². The minimum absolute atomic E-state index is 0.143. The number of amides is 3. The van der Waals surface area contributed by atoms with Gasteiger partial charge in [0.25, 0.3) is 17.5 Å². The van der Waals surface area contributed by atoms with Crippen LogP contribution in [0, 0.1) is 10.1 Å². The molecule has 0 bridgehead atoms. The van der Waals surface area contributed by atoms with E-state index < -0.39 is 28.2 Å². The number of pyridine rings is 1. The molecular weight excluding hydrogens is 482 g/mol. The summed E-state index contributed by atoms with van der Waals surface area (Å²) in [7, 11) is 0. The molecule has 3 amide bonds. The van der Waals surface area contributed by atoms with E-state index in [2.05, 4.69) is 20.9 Å². The van der Waals surface area contributed by atoms with E-state index in [1.165, 1.54) is 18.3 Å². The summed E-state index contributed by atoms with van der Waals surface area (Å²) < 4.78 is 10.6. The van der Waals surface area contributed by atoms with Crippen LogP contribution in [0.25, 0.3) is 0 Å². The summed E-state index contributed by atoms with van der Waals surface area (Å²) in [6.07, 6.45) is 4.35. The van der Waals surface area contributed by atoms with Crippen molar-refractivity contribution in [3.8, 4) is 5.75 Å². The second kappa shape index (κ2) is 14.4. The number of ether oxygens (including phenoxy) is 2. The molecule has 1 aromatic carbocycles. The molecule has 0 unspecified atom stereocenters. The summed E-state index contributed by atoms with van der Waals surface area (Å²) in [5.41, 5.74) is -1.14. The van der Waals surface area contributed by atoms with Crippen LogP contribution in [0.3, 0.4) is 0 Å². The first kappa shape index (κ1) is 29.0. The van der Waals surface area contributed by atoms with Crippen LogP contribution in [-0.4, -0.2) is 53.1 Å². The van der Waals surface area contributed by atoms with E-state index in [-0.39, 0.29) is 29.6 Å². The van der Waals surface area contributed by atoms with Gasteiger partial charge >= 0.3 is 6.09 Å². The van der Waals surface area contributed by atoms with Crippen LogP contribution in [0.4, 0.5) is 16.3 Å². The van der Waals surface area contributed by atoms with Gasteiger partial charge in [-0.1, -0.05) is 18.9 Å². The standard InChI is InChI=1S/C25H33N5O7/c1-25(2,3)37-24(33)28-15-8-5-4-7-14-27-22(31)17-36-18-11-12-20(30(34)35)19(16-18)23(32)29-21-10-6-9-13-26-21/h6,9-13,16H,4-5,7-8,14-15,17H2,1-3H3,(H,27,31)(H,28,33)(H,26,29,32). The smallest absolute Gasteiger partial charge is 0.407 e. The van der Waals surface area contributed by atoms with Crippen molar-refractivity contribution in [2.75, 3.05) is 25.0 Å². The lowest BCUT2D eigenvalue weighted by atomic mass is 10.1. The molecule has 0 saturated carbocycles. The summed E-state index contributed by atoms with van der Waals surface area (Å²) in [4.78, 5) is 50.9. The van der Waals surface area contributed by atoms with Gasteiger partial charge in [-0.05, 0) is 57.9 Å². The molecule has 0 aliphatic heterocycles. The van der Waals surface area contributed by atoms with E-state index in [0.717, 1.165) is 31.7 Å². The van der Waals surface area contributed by atoms with Gasteiger partial charge in [0, 0.05) is 25.4 Å². The number of nitrogens with one attached hydrogen (secondary N) is 3. The number of rotatable bonds is 13. The Labute approximate surface area is 215 Å². The van der Waals surface area contributed by atoms with Crippen LogP contribution in [0.1, 0.15) is 56.8 Å². The van der Waals surface area contributed by atoms with Crippen LogP contribution in [0.5, 0.6) is 5.75 Å². The Morgan fingerprint density at radius 3 is 2.32 bits per heavy atom. The SMILES string of the molecule is CC(C)(C)OC(=O)NCCCCCCNC(=O)COc1ccc([N+](=O)[O-])c(C(=O)Nc2ccccn2)c1. The van der Waals surface area contributed by atoms with Crippen molar-refractivity contribution in [1.29, 1.82) is 0 Å². The fraction of sp³-hybridized carbons (Fsp3) is 0.440. The predicted molar refractivity (Wildman–Crippen MR) is 136 cm³/mol. The molecule has 2 rings (SSSR count). The van der Waals surface area contributed by atoms with E-state index in [1.807, 2.05) is 0 Å². The zero-order valence-corrected chi connectivity index (χ0v) is 21.2. The molecule has 0 aliphatic carbocycles. The number of alkyl carbamates (subject to hydrolysis) is 1. The summed E-state index contributed by atoms with van der Waals surface area (Å²) in [5, 5.41) is 19.3. The lowest BCUT2D eigenvalue weighted by molar-refractivity contribution is -0.385. The van der Waals surface area contributed by atoms with E-state index in [0.29, 0.717) is 13.1 Å². The second-order valence-electron chi connectivity index (χ2n) is 9.09. The van der Waals surface area contributed by atoms with Gasteiger partial charge in [0.2, 0.25) is 0 Å². The van der Waals surface area contributed by atoms with Crippen molar-refractivity contribution in [2.24, 2.45) is 0 Å². The van der Waals surface area contributed by atoms with Crippen molar-refractivity contribution in [2.45, 2.75) is 52.1 Å². The largest absolute Gasteiger partial charge is 0.484 e. The highest BCUT2D eigenvalue weighted by atomic mass is 16.6. The number of unbranched alkanes of at least 4 members (excludes halogenated alkanes) is 3. The highest BCUT2D eigenvalue weighted by Gasteiger charge is 2.22. The quantitative estimate of drug-likeness (QED) is 0.206. The molecule has 0 radical (unpaired) electrons. The Balaban J connectivity index is 1.71. The van der Waals surface area contributed by atoms with E-state index in [1.54, 1.807) is 39.0 Å². The third-order valence-electron chi connectivity index (χ3n) is 4.78. The van der Waals surface area contributed by atoms with E-state index in [4.69, 9.17) is 9.47 Å². The maximum atomic E-state index is 12.6. The summed E-state index contributed by atoms with van der Waals surface area (Å²) in [6, 6.07) is 8.58. The molecule has 200 valence electrons. The van der Waals surface area contributed by atoms with Gasteiger partial charge in [0.15, 0.2) is 6.61 Å². The van der Waals surface area contributed by atoms with Crippen molar-refractivity contribution < 1.29 is 28.8 Å². The van der Waals surface area contributed by atoms with Gasteiger partial charge in [-0.15, -0.1) is 0 Å². The molecule has 1 heterocycles. The van der Waals surface area contributed by atoms with Crippen LogP contribution >= 0.6 is 0 Å². The van der Waals surface area contributed by atoms with Crippen LogP contribution in [-0.2, 0) is 9.53 Å². The van der Waals surface area contributed by atoms with Gasteiger partial charge in [-0.2, -0.15) is 0 Å². The Kier molecular flexibility index (Phi) is 11.3. The first-order chi connectivity index (χ1) is 17.5. The molecule has 2 aromatic rings. The fourth-order valence-corrected chi connectivity index (χ4v) is 3.10. The van der Waals surface area contributed by atoms with Gasteiger partial charge in [0.1, 0.15) is 22.7 Å². The molecule has 0 saturated heterocycles. The predicted octanol–water partition coefficient (Wildman–Crippen LogP) is 3.82. The van der Waals surface area contributed by atoms with Crippen LogP contribution < -0.4 is 20.7 Å². The average Bonchev–Trinajstić information content (AvgIpc) is 2.83. The van der Waals surface area contributed by atoms with Crippen LogP contribution in [0.15, 0.2) is 42.6 Å². The third kappa shape index (κ3) is 11.4. The van der Waals surface area contributed by atoms with Crippen molar-refractivity contribution in [3.63, 3.8) is 0 Å². The topological polar surface area (TPSA) is 162 Å². The zero-order valence-electron chi connectivity index (χ0n) is 21.2. The number of nitro benzene ring substituents is 1. The normalized spacial score (nSPS) is 10.8. The number of hydrogen-bond acceptors (Lipinski definition) is 8. The van der Waals surface area contributed by atoms with Gasteiger partial charge < -0.3 is 25.4 Å². The number of aromatic nitrogens is 1.